The molecule has 1 aromatic carbocycles. The van der Waals surface area contributed by atoms with E-state index in [1.165, 1.54) is 11.2 Å². The second-order valence-electron chi connectivity index (χ2n) is 4.63. The van der Waals surface area contributed by atoms with Gasteiger partial charge in [-0.1, -0.05) is 20.4 Å². The average Bonchev–Trinajstić information content (AvgIpc) is 2.54. The minimum atomic E-state index is -0.271. The SMILES string of the molecule is C=CN(N=C)c1ccc(C(=O)NCC(=O)N2CCC2)cc1.CC. The molecule has 0 atom stereocenters. The van der Waals surface area contributed by atoms with Crippen LogP contribution in [-0.4, -0.2) is 43.1 Å². The lowest BCUT2D eigenvalue weighted by Gasteiger charge is -2.30. The van der Waals surface area contributed by atoms with Gasteiger partial charge in [0.25, 0.3) is 5.91 Å². The van der Waals surface area contributed by atoms with Crippen molar-refractivity contribution >= 4 is 24.2 Å². The van der Waals surface area contributed by atoms with Crippen molar-refractivity contribution in [3.8, 4) is 0 Å². The number of rotatable bonds is 6. The van der Waals surface area contributed by atoms with Crippen LogP contribution in [0.2, 0.25) is 0 Å². The molecule has 23 heavy (non-hydrogen) atoms. The van der Waals surface area contributed by atoms with Gasteiger partial charge < -0.3 is 10.2 Å². The zero-order valence-corrected chi connectivity index (χ0v) is 13.8. The Labute approximate surface area is 137 Å². The fourth-order valence-corrected chi connectivity index (χ4v) is 1.95. The highest BCUT2D eigenvalue weighted by Gasteiger charge is 2.20. The highest BCUT2D eigenvalue weighted by atomic mass is 16.2. The smallest absolute Gasteiger partial charge is 0.251 e. The number of anilines is 1. The molecule has 2 rings (SSSR count). The second kappa shape index (κ2) is 9.40. The van der Waals surface area contributed by atoms with Gasteiger partial charge in [0.05, 0.1) is 12.2 Å². The first kappa shape index (κ1) is 18.4. The zero-order valence-electron chi connectivity index (χ0n) is 13.8. The predicted molar refractivity (Wildman–Crippen MR) is 93.5 cm³/mol. The standard InChI is InChI=1S/C15H18N4O2.C2H6/c1-3-19(16-2)13-7-5-12(6-8-13)15(21)17-11-14(20)18-9-4-10-18;1-2/h3,5-8H,1-2,4,9-11H2,(H,17,21);1-2H3. The molecule has 0 aromatic heterocycles. The molecular weight excluding hydrogens is 292 g/mol. The third kappa shape index (κ3) is 4.95. The zero-order chi connectivity index (χ0) is 17.2. The number of nitrogens with one attached hydrogen (secondary N) is 1. The molecular formula is C17H24N4O2. The average molecular weight is 316 g/mol. The van der Waals surface area contributed by atoms with Crippen LogP contribution in [0.25, 0.3) is 0 Å². The number of carbonyl (C=O) groups excluding carboxylic acids is 2. The molecule has 1 aliphatic heterocycles. The highest BCUT2D eigenvalue weighted by Crippen LogP contribution is 2.15. The fourth-order valence-electron chi connectivity index (χ4n) is 1.95. The number of nitrogens with zero attached hydrogens (tertiary/aromatic N) is 3. The molecule has 0 unspecified atom stereocenters. The van der Waals surface area contributed by atoms with Gasteiger partial charge in [-0.3, -0.25) is 9.59 Å². The molecule has 0 bridgehead atoms. The van der Waals surface area contributed by atoms with Crippen molar-refractivity contribution in [1.82, 2.24) is 10.2 Å². The summed E-state index contributed by atoms with van der Waals surface area (Å²) in [4.78, 5) is 25.3. The first-order chi connectivity index (χ1) is 11.2. The van der Waals surface area contributed by atoms with Crippen LogP contribution in [-0.2, 0) is 4.79 Å². The topological polar surface area (TPSA) is 65.0 Å². The van der Waals surface area contributed by atoms with Crippen molar-refractivity contribution in [3.63, 3.8) is 0 Å². The van der Waals surface area contributed by atoms with Gasteiger partial charge >= 0.3 is 0 Å². The molecule has 1 aromatic rings. The Kier molecular flexibility index (Phi) is 7.53. The van der Waals surface area contributed by atoms with Crippen molar-refractivity contribution < 1.29 is 9.59 Å². The molecule has 1 N–H and O–H groups in total. The fraction of sp³-hybridized carbons (Fsp3) is 0.353. The van der Waals surface area contributed by atoms with Crippen molar-refractivity contribution in [2.75, 3.05) is 24.6 Å². The molecule has 1 saturated heterocycles. The van der Waals surface area contributed by atoms with E-state index < -0.39 is 0 Å². The first-order valence-electron chi connectivity index (χ1n) is 7.70. The van der Waals surface area contributed by atoms with E-state index in [0.29, 0.717) is 5.56 Å². The third-order valence-corrected chi connectivity index (χ3v) is 3.33. The first-order valence-corrected chi connectivity index (χ1v) is 7.70. The van der Waals surface area contributed by atoms with E-state index in [-0.39, 0.29) is 18.4 Å². The Bertz CT molecular complexity index is 542. The molecule has 6 heteroatoms. The van der Waals surface area contributed by atoms with Crippen molar-refractivity contribution in [2.45, 2.75) is 20.3 Å². The Hall–Kier alpha value is -2.63. The summed E-state index contributed by atoms with van der Waals surface area (Å²) in [7, 11) is 0. The van der Waals surface area contributed by atoms with E-state index in [1.807, 2.05) is 13.8 Å². The summed E-state index contributed by atoms with van der Waals surface area (Å²) in [5, 5.41) is 7.88. The molecule has 1 aliphatic rings. The number of benzene rings is 1. The molecule has 0 radical (unpaired) electrons. The van der Waals surface area contributed by atoms with Crippen LogP contribution in [0.1, 0.15) is 30.6 Å². The summed E-state index contributed by atoms with van der Waals surface area (Å²) in [6.45, 7) is 12.7. The van der Waals surface area contributed by atoms with Gasteiger partial charge in [0.15, 0.2) is 0 Å². The van der Waals surface area contributed by atoms with Crippen LogP contribution in [0.3, 0.4) is 0 Å². The van der Waals surface area contributed by atoms with E-state index in [2.05, 4.69) is 23.7 Å². The summed E-state index contributed by atoms with van der Waals surface area (Å²) in [5.41, 5.74) is 1.25. The van der Waals surface area contributed by atoms with E-state index in [9.17, 15) is 9.59 Å². The molecule has 1 heterocycles. The van der Waals surface area contributed by atoms with E-state index in [4.69, 9.17) is 0 Å². The number of carbonyl (C=O) groups is 2. The lowest BCUT2D eigenvalue weighted by Crippen LogP contribution is -2.47. The van der Waals surface area contributed by atoms with Gasteiger partial charge in [-0.05, 0) is 30.7 Å². The molecule has 6 nitrogen and oxygen atoms in total. The van der Waals surface area contributed by atoms with E-state index in [1.54, 1.807) is 29.2 Å². The molecule has 124 valence electrons. The largest absolute Gasteiger partial charge is 0.343 e. The van der Waals surface area contributed by atoms with Crippen LogP contribution in [0.15, 0.2) is 42.1 Å². The van der Waals surface area contributed by atoms with Gasteiger partial charge in [-0.25, -0.2) is 5.01 Å². The molecule has 2 amide bonds. The normalized spacial score (nSPS) is 12.2. The lowest BCUT2D eigenvalue weighted by molar-refractivity contribution is -0.133. The Balaban J connectivity index is 0.00000127. The van der Waals surface area contributed by atoms with Crippen molar-refractivity contribution in [3.05, 3.63) is 42.6 Å². The minimum Gasteiger partial charge on any atom is -0.343 e. The summed E-state index contributed by atoms with van der Waals surface area (Å²) in [6, 6.07) is 6.81. The van der Waals surface area contributed by atoms with Crippen LogP contribution in [0.5, 0.6) is 0 Å². The van der Waals surface area contributed by atoms with Crippen molar-refractivity contribution in [1.29, 1.82) is 0 Å². The molecule has 1 fully saturated rings. The van der Waals surface area contributed by atoms with Gasteiger partial charge in [-0.2, -0.15) is 5.10 Å². The number of hydrazone groups is 1. The van der Waals surface area contributed by atoms with Crippen LogP contribution in [0, 0.1) is 0 Å². The maximum atomic E-state index is 11.9. The van der Waals surface area contributed by atoms with Crippen molar-refractivity contribution in [2.24, 2.45) is 5.10 Å². The summed E-state index contributed by atoms with van der Waals surface area (Å²) in [6.07, 6.45) is 2.56. The van der Waals surface area contributed by atoms with E-state index >= 15 is 0 Å². The number of hydrogen-bond acceptors (Lipinski definition) is 4. The molecule has 0 aliphatic carbocycles. The maximum Gasteiger partial charge on any atom is 0.251 e. The summed E-state index contributed by atoms with van der Waals surface area (Å²) >= 11 is 0. The van der Waals surface area contributed by atoms with Crippen LogP contribution in [0.4, 0.5) is 5.69 Å². The molecule has 0 spiro atoms. The number of likely N-dealkylation sites (tertiary alicyclic amines) is 1. The minimum absolute atomic E-state index is 0.0353. The van der Waals surface area contributed by atoms with Gasteiger partial charge in [0.2, 0.25) is 5.91 Å². The maximum absolute atomic E-state index is 11.9. The summed E-state index contributed by atoms with van der Waals surface area (Å²) < 4.78 is 0. The van der Waals surface area contributed by atoms with Gasteiger partial charge in [-0.15, -0.1) is 0 Å². The third-order valence-electron chi connectivity index (χ3n) is 3.33. The Morgan fingerprint density at radius 3 is 2.35 bits per heavy atom. The van der Waals surface area contributed by atoms with Crippen LogP contribution >= 0.6 is 0 Å². The monoisotopic (exact) mass is 316 g/mol. The highest BCUT2D eigenvalue weighted by molar-refractivity contribution is 5.96. The van der Waals surface area contributed by atoms with E-state index in [0.717, 1.165) is 25.2 Å². The summed E-state index contributed by atoms with van der Waals surface area (Å²) in [5.74, 6) is -0.313. The van der Waals surface area contributed by atoms with Gasteiger partial charge in [0, 0.05) is 31.6 Å². The molecule has 0 saturated carbocycles. The number of amides is 2. The second-order valence-corrected chi connectivity index (χ2v) is 4.63. The Morgan fingerprint density at radius 1 is 1.30 bits per heavy atom. The Morgan fingerprint density at radius 2 is 1.91 bits per heavy atom. The lowest BCUT2D eigenvalue weighted by atomic mass is 10.2. The quantitative estimate of drug-likeness (QED) is 0.646. The number of hydrogen-bond donors (Lipinski definition) is 1. The van der Waals surface area contributed by atoms with Gasteiger partial charge in [0.1, 0.15) is 0 Å². The predicted octanol–water partition coefficient (Wildman–Crippen LogP) is 2.24. The van der Waals surface area contributed by atoms with Crippen LogP contribution < -0.4 is 10.3 Å².